The Balaban J connectivity index is 2.19. The van der Waals surface area contributed by atoms with E-state index < -0.39 is 29.3 Å². The molecule has 2 rings (SSSR count). The van der Waals surface area contributed by atoms with E-state index >= 15 is 0 Å². The Bertz CT molecular complexity index is 564. The Morgan fingerprint density at radius 2 is 2.21 bits per heavy atom. The van der Waals surface area contributed by atoms with E-state index in [1.165, 1.54) is 12.1 Å². The van der Waals surface area contributed by atoms with Gasteiger partial charge in [0.1, 0.15) is 17.4 Å². The second-order valence-electron chi connectivity index (χ2n) is 3.75. The highest BCUT2D eigenvalue weighted by molar-refractivity contribution is 8.14. The van der Waals surface area contributed by atoms with Crippen LogP contribution in [-0.4, -0.2) is 34.0 Å². The summed E-state index contributed by atoms with van der Waals surface area (Å²) in [5, 5.41) is 13.3. The van der Waals surface area contributed by atoms with E-state index in [4.69, 9.17) is 5.11 Å². The van der Waals surface area contributed by atoms with Crippen molar-refractivity contribution in [1.29, 1.82) is 0 Å². The molecule has 1 saturated heterocycles. The lowest BCUT2D eigenvalue weighted by molar-refractivity contribution is -0.117. The lowest BCUT2D eigenvalue weighted by Crippen LogP contribution is -2.39. The molecule has 1 atom stereocenters. The monoisotopic (exact) mass is 284 g/mol. The Kier molecular flexibility index (Phi) is 3.70. The first kappa shape index (κ1) is 13.3. The van der Waals surface area contributed by atoms with Gasteiger partial charge >= 0.3 is 5.97 Å². The van der Waals surface area contributed by atoms with Gasteiger partial charge in [-0.15, -0.1) is 0 Å². The molecule has 2 amide bonds. The average Bonchev–Trinajstić information content (AvgIpc) is 2.75. The molecule has 19 heavy (non-hydrogen) atoms. The largest absolute Gasteiger partial charge is 0.478 e. The van der Waals surface area contributed by atoms with Crippen molar-refractivity contribution in [3.8, 4) is 0 Å². The van der Waals surface area contributed by atoms with E-state index in [0.717, 1.165) is 17.8 Å². The summed E-state index contributed by atoms with van der Waals surface area (Å²) in [6, 6.07) is 2.82. The van der Waals surface area contributed by atoms with Crippen molar-refractivity contribution in [1.82, 2.24) is 5.32 Å². The standard InChI is InChI=1S/C11H9FN2O4S/c12-5-2-1-3-6(8(5)10(16)17)13-9(15)7-4-19-11(18)14-7/h1-3,7H,4H2,(H,13,15)(H,14,18)(H,16,17). The number of benzene rings is 1. The molecule has 0 spiro atoms. The molecule has 0 saturated carbocycles. The van der Waals surface area contributed by atoms with Gasteiger partial charge in [0.2, 0.25) is 5.91 Å². The Labute approximate surface area is 111 Å². The Morgan fingerprint density at radius 3 is 2.79 bits per heavy atom. The summed E-state index contributed by atoms with van der Waals surface area (Å²) in [6.45, 7) is 0. The summed E-state index contributed by atoms with van der Waals surface area (Å²) in [6.07, 6.45) is 0. The minimum Gasteiger partial charge on any atom is -0.478 e. The fourth-order valence-corrected chi connectivity index (χ4v) is 2.37. The van der Waals surface area contributed by atoms with Crippen molar-refractivity contribution >= 4 is 34.6 Å². The smallest absolute Gasteiger partial charge is 0.340 e. The van der Waals surface area contributed by atoms with E-state index in [1.807, 2.05) is 0 Å². The summed E-state index contributed by atoms with van der Waals surface area (Å²) < 4.78 is 13.4. The number of hydrogen-bond donors (Lipinski definition) is 3. The maximum absolute atomic E-state index is 13.4. The number of thioether (sulfide) groups is 1. The molecule has 1 aliphatic rings. The lowest BCUT2D eigenvalue weighted by Gasteiger charge is -2.12. The summed E-state index contributed by atoms with van der Waals surface area (Å²) in [5.74, 6) is -2.73. The van der Waals surface area contributed by atoms with E-state index in [1.54, 1.807) is 0 Å². The second-order valence-corrected chi connectivity index (χ2v) is 4.74. The molecule has 100 valence electrons. The molecule has 0 aromatic heterocycles. The molecule has 1 aromatic rings. The van der Waals surface area contributed by atoms with Gasteiger partial charge in [0.25, 0.3) is 5.24 Å². The molecule has 8 heteroatoms. The molecule has 1 fully saturated rings. The van der Waals surface area contributed by atoms with Crippen LogP contribution >= 0.6 is 11.8 Å². The fraction of sp³-hybridized carbons (Fsp3) is 0.182. The highest BCUT2D eigenvalue weighted by Gasteiger charge is 2.29. The van der Waals surface area contributed by atoms with E-state index in [9.17, 15) is 18.8 Å². The summed E-state index contributed by atoms with van der Waals surface area (Å²) >= 11 is 0.957. The number of carboxylic acids is 1. The third-order valence-electron chi connectivity index (χ3n) is 2.48. The SMILES string of the molecule is O=C1NC(C(=O)Nc2cccc(F)c2C(=O)O)CS1. The van der Waals surface area contributed by atoms with Crippen LogP contribution in [-0.2, 0) is 4.79 Å². The third-order valence-corrected chi connectivity index (χ3v) is 3.36. The molecule has 3 N–H and O–H groups in total. The van der Waals surface area contributed by atoms with Gasteiger partial charge < -0.3 is 15.7 Å². The molecule has 0 radical (unpaired) electrons. The minimum atomic E-state index is -1.47. The molecular weight excluding hydrogens is 275 g/mol. The number of carbonyl (C=O) groups is 3. The van der Waals surface area contributed by atoms with E-state index in [2.05, 4.69) is 10.6 Å². The zero-order chi connectivity index (χ0) is 14.0. The van der Waals surface area contributed by atoms with E-state index in [0.29, 0.717) is 0 Å². The predicted molar refractivity (Wildman–Crippen MR) is 66.8 cm³/mol. The zero-order valence-electron chi connectivity index (χ0n) is 9.47. The molecule has 0 aliphatic carbocycles. The van der Waals surface area contributed by atoms with Crippen LogP contribution in [0.4, 0.5) is 14.9 Å². The Hall–Kier alpha value is -2.09. The van der Waals surface area contributed by atoms with Crippen LogP contribution in [0.25, 0.3) is 0 Å². The number of rotatable bonds is 3. The van der Waals surface area contributed by atoms with Crippen molar-refractivity contribution in [2.45, 2.75) is 6.04 Å². The topological polar surface area (TPSA) is 95.5 Å². The normalized spacial score (nSPS) is 17.9. The highest BCUT2D eigenvalue weighted by atomic mass is 32.2. The summed E-state index contributed by atoms with van der Waals surface area (Å²) in [5.41, 5.74) is -0.739. The summed E-state index contributed by atoms with van der Waals surface area (Å²) in [7, 11) is 0. The molecule has 1 aliphatic heterocycles. The van der Waals surface area contributed by atoms with Gasteiger partial charge in [-0.05, 0) is 12.1 Å². The van der Waals surface area contributed by atoms with Crippen molar-refractivity contribution in [3.63, 3.8) is 0 Å². The van der Waals surface area contributed by atoms with Gasteiger partial charge in [-0.1, -0.05) is 17.8 Å². The van der Waals surface area contributed by atoms with Crippen LogP contribution < -0.4 is 10.6 Å². The average molecular weight is 284 g/mol. The number of carbonyl (C=O) groups excluding carboxylic acids is 2. The molecular formula is C11H9FN2O4S. The van der Waals surface area contributed by atoms with Gasteiger partial charge in [0.15, 0.2) is 0 Å². The number of halogens is 1. The fourth-order valence-electron chi connectivity index (χ4n) is 1.59. The van der Waals surface area contributed by atoms with Crippen molar-refractivity contribution in [3.05, 3.63) is 29.6 Å². The van der Waals surface area contributed by atoms with Crippen LogP contribution in [0.2, 0.25) is 0 Å². The predicted octanol–water partition coefficient (Wildman–Crippen LogP) is 1.29. The first-order valence-corrected chi connectivity index (χ1v) is 6.23. The highest BCUT2D eigenvalue weighted by Crippen LogP contribution is 2.20. The number of anilines is 1. The van der Waals surface area contributed by atoms with Crippen LogP contribution in [0.3, 0.4) is 0 Å². The minimum absolute atomic E-state index is 0.136. The van der Waals surface area contributed by atoms with Gasteiger partial charge in [0, 0.05) is 5.75 Å². The first-order chi connectivity index (χ1) is 8.99. The van der Waals surface area contributed by atoms with Crippen molar-refractivity contribution < 1.29 is 23.9 Å². The number of carboxylic acid groups (broad SMARTS) is 1. The number of hydrogen-bond acceptors (Lipinski definition) is 4. The second kappa shape index (κ2) is 5.27. The van der Waals surface area contributed by atoms with Gasteiger partial charge in [-0.25, -0.2) is 9.18 Å². The van der Waals surface area contributed by atoms with Crippen molar-refractivity contribution in [2.24, 2.45) is 0 Å². The van der Waals surface area contributed by atoms with Crippen LogP contribution in [0.5, 0.6) is 0 Å². The van der Waals surface area contributed by atoms with Crippen LogP contribution in [0.15, 0.2) is 18.2 Å². The van der Waals surface area contributed by atoms with Crippen molar-refractivity contribution in [2.75, 3.05) is 11.1 Å². The molecule has 6 nitrogen and oxygen atoms in total. The molecule has 0 bridgehead atoms. The van der Waals surface area contributed by atoms with Gasteiger partial charge in [-0.2, -0.15) is 0 Å². The third kappa shape index (κ3) is 2.84. The number of nitrogens with one attached hydrogen (secondary N) is 2. The molecule has 1 unspecified atom stereocenters. The number of amides is 2. The van der Waals surface area contributed by atoms with Crippen LogP contribution in [0.1, 0.15) is 10.4 Å². The van der Waals surface area contributed by atoms with E-state index in [-0.39, 0.29) is 16.7 Å². The maximum Gasteiger partial charge on any atom is 0.340 e. The molecule has 1 aromatic carbocycles. The maximum atomic E-state index is 13.4. The quantitative estimate of drug-likeness (QED) is 0.777. The Morgan fingerprint density at radius 1 is 1.47 bits per heavy atom. The first-order valence-electron chi connectivity index (χ1n) is 5.25. The van der Waals surface area contributed by atoms with Gasteiger partial charge in [-0.3, -0.25) is 9.59 Å². The lowest BCUT2D eigenvalue weighted by atomic mass is 10.1. The molecule has 1 heterocycles. The van der Waals surface area contributed by atoms with Crippen LogP contribution in [0, 0.1) is 5.82 Å². The van der Waals surface area contributed by atoms with Gasteiger partial charge in [0.05, 0.1) is 5.69 Å². The zero-order valence-corrected chi connectivity index (χ0v) is 10.3. The summed E-state index contributed by atoms with van der Waals surface area (Å²) in [4.78, 5) is 33.7. The number of aromatic carboxylic acids is 1.